The van der Waals surface area contributed by atoms with Crippen molar-refractivity contribution in [2.24, 2.45) is 4.99 Å². The van der Waals surface area contributed by atoms with Crippen molar-refractivity contribution in [2.75, 3.05) is 13.1 Å². The first-order chi connectivity index (χ1) is 10.2. The molecule has 1 aromatic rings. The summed E-state index contributed by atoms with van der Waals surface area (Å²) in [5, 5.41) is 10.8. The average molecular weight is 295 g/mol. The van der Waals surface area contributed by atoms with E-state index in [2.05, 4.69) is 11.6 Å². The maximum Gasteiger partial charge on any atom is 0.248 e. The summed E-state index contributed by atoms with van der Waals surface area (Å²) in [6.45, 7) is 4.78. The Labute approximate surface area is 127 Å². The number of nitriles is 1. The number of allylic oxidation sites excluding steroid dienone is 3. The molecule has 0 aliphatic carbocycles. The van der Waals surface area contributed by atoms with Crippen LogP contribution in [0.4, 0.5) is 0 Å². The summed E-state index contributed by atoms with van der Waals surface area (Å²) in [6.07, 6.45) is 4.07. The summed E-state index contributed by atoms with van der Waals surface area (Å²) in [5.74, 6) is -0.0232. The fourth-order valence-electron chi connectivity index (χ4n) is 2.48. The maximum absolute atomic E-state index is 12.2. The first kappa shape index (κ1) is 13.5. The average Bonchev–Trinajstić information content (AvgIpc) is 2.95. The van der Waals surface area contributed by atoms with Gasteiger partial charge in [0.2, 0.25) is 5.91 Å². The standard InChI is InChI=1S/C16H13N3OS/c1-11-12(4-6-17)5-7-19-14(11)9-13(18-10-16(19)20)15-3-2-8-21-15/h2-4,8-9H,1,5,7,10H2/b12-4+. The van der Waals surface area contributed by atoms with Crippen LogP contribution in [0.2, 0.25) is 0 Å². The Bertz CT molecular complexity index is 732. The van der Waals surface area contributed by atoms with Crippen molar-refractivity contribution in [1.29, 1.82) is 5.26 Å². The third-order valence-electron chi connectivity index (χ3n) is 3.56. The largest absolute Gasteiger partial charge is 0.310 e. The molecule has 2 aliphatic heterocycles. The minimum atomic E-state index is -0.0232. The lowest BCUT2D eigenvalue weighted by atomic mass is 9.94. The first-order valence-corrected chi connectivity index (χ1v) is 7.47. The number of nitrogens with zero attached hydrogens (tertiary/aromatic N) is 3. The molecule has 0 atom stereocenters. The third-order valence-corrected chi connectivity index (χ3v) is 4.46. The van der Waals surface area contributed by atoms with Gasteiger partial charge in [0, 0.05) is 12.6 Å². The van der Waals surface area contributed by atoms with E-state index in [-0.39, 0.29) is 12.5 Å². The van der Waals surface area contributed by atoms with Gasteiger partial charge in [-0.05, 0) is 35.1 Å². The lowest BCUT2D eigenvalue weighted by Gasteiger charge is -2.31. The highest BCUT2D eigenvalue weighted by Crippen LogP contribution is 2.31. The predicted octanol–water partition coefficient (Wildman–Crippen LogP) is 2.67. The molecule has 0 saturated carbocycles. The zero-order valence-corrected chi connectivity index (χ0v) is 12.2. The molecular formula is C16H13N3OS. The lowest BCUT2D eigenvalue weighted by molar-refractivity contribution is -0.127. The van der Waals surface area contributed by atoms with Crippen LogP contribution in [0.15, 0.2) is 58.1 Å². The van der Waals surface area contributed by atoms with Gasteiger partial charge in [-0.15, -0.1) is 11.3 Å². The number of carbonyl (C=O) groups excluding carboxylic acids is 1. The quantitative estimate of drug-likeness (QED) is 0.748. The number of amides is 1. The molecule has 3 rings (SSSR count). The van der Waals surface area contributed by atoms with E-state index in [1.807, 2.05) is 29.7 Å². The number of hydrogen-bond acceptors (Lipinski definition) is 4. The number of aliphatic imine (C=N–C) groups is 1. The van der Waals surface area contributed by atoms with Gasteiger partial charge >= 0.3 is 0 Å². The van der Waals surface area contributed by atoms with Crippen molar-refractivity contribution < 1.29 is 4.79 Å². The van der Waals surface area contributed by atoms with Crippen LogP contribution < -0.4 is 0 Å². The molecule has 2 aliphatic rings. The fraction of sp³-hybridized carbons (Fsp3) is 0.188. The van der Waals surface area contributed by atoms with Gasteiger partial charge in [-0.1, -0.05) is 12.6 Å². The van der Waals surface area contributed by atoms with Crippen LogP contribution in [0.5, 0.6) is 0 Å². The molecular weight excluding hydrogens is 282 g/mol. The van der Waals surface area contributed by atoms with Gasteiger partial charge in [-0.25, -0.2) is 0 Å². The zero-order valence-electron chi connectivity index (χ0n) is 11.4. The van der Waals surface area contributed by atoms with Crippen molar-refractivity contribution >= 4 is 23.0 Å². The molecule has 1 fully saturated rings. The van der Waals surface area contributed by atoms with Gasteiger partial charge in [0.05, 0.1) is 22.4 Å². The number of hydrogen-bond donors (Lipinski definition) is 0. The van der Waals surface area contributed by atoms with Gasteiger partial charge in [-0.2, -0.15) is 5.26 Å². The van der Waals surface area contributed by atoms with E-state index in [1.54, 1.807) is 16.2 Å². The minimum absolute atomic E-state index is 0.0232. The molecule has 0 N–H and O–H groups in total. The third kappa shape index (κ3) is 2.46. The Balaban J connectivity index is 2.06. The summed E-state index contributed by atoms with van der Waals surface area (Å²) < 4.78 is 0. The number of rotatable bonds is 1. The summed E-state index contributed by atoms with van der Waals surface area (Å²) in [6, 6.07) is 5.99. The van der Waals surface area contributed by atoms with Crippen molar-refractivity contribution in [3.63, 3.8) is 0 Å². The van der Waals surface area contributed by atoms with Gasteiger partial charge in [0.1, 0.15) is 6.54 Å². The predicted molar refractivity (Wildman–Crippen MR) is 83.0 cm³/mol. The van der Waals surface area contributed by atoms with Crippen LogP contribution in [-0.2, 0) is 4.79 Å². The highest BCUT2D eigenvalue weighted by Gasteiger charge is 2.29. The highest BCUT2D eigenvalue weighted by molar-refractivity contribution is 7.12. The van der Waals surface area contributed by atoms with Gasteiger partial charge in [-0.3, -0.25) is 9.79 Å². The smallest absolute Gasteiger partial charge is 0.248 e. The van der Waals surface area contributed by atoms with Crippen molar-refractivity contribution in [3.8, 4) is 6.07 Å². The summed E-state index contributed by atoms with van der Waals surface area (Å²) in [4.78, 5) is 19.4. The molecule has 0 unspecified atom stereocenters. The van der Waals surface area contributed by atoms with Crippen LogP contribution in [-0.4, -0.2) is 29.6 Å². The van der Waals surface area contributed by atoms with E-state index in [1.165, 1.54) is 6.08 Å². The normalized spacial score (nSPS) is 20.5. The minimum Gasteiger partial charge on any atom is -0.310 e. The molecule has 21 heavy (non-hydrogen) atoms. The molecule has 104 valence electrons. The topological polar surface area (TPSA) is 56.5 Å². The number of carbonyl (C=O) groups is 1. The van der Waals surface area contributed by atoms with E-state index in [9.17, 15) is 4.79 Å². The van der Waals surface area contributed by atoms with Crippen LogP contribution in [0.25, 0.3) is 0 Å². The van der Waals surface area contributed by atoms with E-state index in [0.29, 0.717) is 13.0 Å². The van der Waals surface area contributed by atoms with Crippen molar-refractivity contribution in [3.05, 3.63) is 58.0 Å². The van der Waals surface area contributed by atoms with Gasteiger partial charge in [0.25, 0.3) is 0 Å². The Morgan fingerprint density at radius 3 is 3.10 bits per heavy atom. The SMILES string of the molecule is C=C1C2=CC(c3cccs3)=NCC(=O)N2CC/C1=C\C#N. The van der Waals surface area contributed by atoms with Crippen molar-refractivity contribution in [1.82, 2.24) is 4.90 Å². The Kier molecular flexibility index (Phi) is 3.55. The van der Waals surface area contributed by atoms with E-state index in [4.69, 9.17) is 5.26 Å². The molecule has 5 heteroatoms. The summed E-state index contributed by atoms with van der Waals surface area (Å²) >= 11 is 1.59. The molecule has 0 bridgehead atoms. The zero-order chi connectivity index (χ0) is 14.8. The highest BCUT2D eigenvalue weighted by atomic mass is 32.1. The van der Waals surface area contributed by atoms with Crippen molar-refractivity contribution in [2.45, 2.75) is 6.42 Å². The second-order valence-corrected chi connectivity index (χ2v) is 5.73. The van der Waals surface area contributed by atoms with Crippen LogP contribution in [0.3, 0.4) is 0 Å². The monoisotopic (exact) mass is 295 g/mol. The Hall–Kier alpha value is -2.45. The molecule has 1 amide bonds. The van der Waals surface area contributed by atoms with Crippen LogP contribution >= 0.6 is 11.3 Å². The van der Waals surface area contributed by atoms with E-state index < -0.39 is 0 Å². The summed E-state index contributed by atoms with van der Waals surface area (Å²) in [5.41, 5.74) is 3.19. The number of thiophene rings is 1. The van der Waals surface area contributed by atoms with E-state index >= 15 is 0 Å². The Morgan fingerprint density at radius 1 is 1.52 bits per heavy atom. The van der Waals surface area contributed by atoms with Gasteiger partial charge < -0.3 is 4.90 Å². The molecule has 1 saturated heterocycles. The van der Waals surface area contributed by atoms with E-state index in [0.717, 1.165) is 27.4 Å². The lowest BCUT2D eigenvalue weighted by Crippen LogP contribution is -2.36. The number of piperidine rings is 1. The molecule has 0 aromatic carbocycles. The molecule has 0 radical (unpaired) electrons. The number of fused-ring (bicyclic) bond motifs is 1. The maximum atomic E-state index is 12.2. The first-order valence-electron chi connectivity index (χ1n) is 6.59. The van der Waals surface area contributed by atoms with Gasteiger partial charge in [0.15, 0.2) is 0 Å². The summed E-state index contributed by atoms with van der Waals surface area (Å²) in [7, 11) is 0. The van der Waals surface area contributed by atoms with Crippen LogP contribution in [0.1, 0.15) is 11.3 Å². The second-order valence-electron chi connectivity index (χ2n) is 4.78. The molecule has 0 spiro atoms. The second kappa shape index (κ2) is 5.51. The molecule has 1 aromatic heterocycles. The fourth-order valence-corrected chi connectivity index (χ4v) is 3.18. The molecule has 3 heterocycles. The van der Waals surface area contributed by atoms with Crippen LogP contribution in [0, 0.1) is 11.3 Å². The Morgan fingerprint density at radius 2 is 2.38 bits per heavy atom. The molecule has 4 nitrogen and oxygen atoms in total.